The van der Waals surface area contributed by atoms with Crippen molar-refractivity contribution in [2.75, 3.05) is 19.0 Å². The molecule has 6 heteroatoms. The Kier molecular flexibility index (Phi) is 2.19. The number of carboxylic acids is 1. The van der Waals surface area contributed by atoms with Crippen LogP contribution in [0.2, 0.25) is 0 Å². The topological polar surface area (TPSA) is 90.4 Å². The average molecular weight is 181 g/mol. The van der Waals surface area contributed by atoms with Crippen LogP contribution in [0.25, 0.3) is 0 Å². The SMILES string of the molecule is CN(C)c1oc(C(=O)O)nc1C#N. The van der Waals surface area contributed by atoms with Crippen LogP contribution in [0.15, 0.2) is 4.42 Å². The van der Waals surface area contributed by atoms with Crippen LogP contribution in [0.4, 0.5) is 5.88 Å². The third-order valence-corrected chi connectivity index (χ3v) is 1.30. The van der Waals surface area contributed by atoms with E-state index in [-0.39, 0.29) is 11.6 Å². The summed E-state index contributed by atoms with van der Waals surface area (Å²) in [6, 6.07) is 1.74. The zero-order chi connectivity index (χ0) is 10.0. The van der Waals surface area contributed by atoms with Gasteiger partial charge in [0.2, 0.25) is 11.6 Å². The molecule has 0 bridgehead atoms. The summed E-state index contributed by atoms with van der Waals surface area (Å²) in [5.41, 5.74) is -0.0256. The van der Waals surface area contributed by atoms with E-state index >= 15 is 0 Å². The molecule has 1 rings (SSSR count). The van der Waals surface area contributed by atoms with Crippen molar-refractivity contribution in [3.8, 4) is 6.07 Å². The summed E-state index contributed by atoms with van der Waals surface area (Å²) >= 11 is 0. The van der Waals surface area contributed by atoms with E-state index in [0.29, 0.717) is 0 Å². The molecule has 13 heavy (non-hydrogen) atoms. The minimum atomic E-state index is -1.29. The lowest BCUT2D eigenvalue weighted by molar-refractivity contribution is 0.0654. The van der Waals surface area contributed by atoms with Crippen molar-refractivity contribution in [3.63, 3.8) is 0 Å². The zero-order valence-corrected chi connectivity index (χ0v) is 7.11. The fourth-order valence-electron chi connectivity index (χ4n) is 0.779. The minimum absolute atomic E-state index is 0.0256. The van der Waals surface area contributed by atoms with Crippen LogP contribution in [-0.2, 0) is 0 Å². The van der Waals surface area contributed by atoms with Crippen LogP contribution in [0, 0.1) is 11.3 Å². The molecule has 0 aromatic carbocycles. The molecule has 0 radical (unpaired) electrons. The first-order valence-electron chi connectivity index (χ1n) is 3.37. The van der Waals surface area contributed by atoms with Crippen LogP contribution in [0.1, 0.15) is 16.4 Å². The maximum absolute atomic E-state index is 10.4. The number of carboxylic acid groups (broad SMARTS) is 1. The Morgan fingerprint density at radius 1 is 1.69 bits per heavy atom. The van der Waals surface area contributed by atoms with Gasteiger partial charge in [-0.05, 0) is 0 Å². The average Bonchev–Trinajstić information content (AvgIpc) is 2.47. The predicted octanol–water partition coefficient (Wildman–Crippen LogP) is 0.310. The van der Waals surface area contributed by atoms with Crippen molar-refractivity contribution in [3.05, 3.63) is 11.6 Å². The van der Waals surface area contributed by atoms with Crippen molar-refractivity contribution in [1.82, 2.24) is 4.98 Å². The summed E-state index contributed by atoms with van der Waals surface area (Å²) in [7, 11) is 3.26. The van der Waals surface area contributed by atoms with Crippen LogP contribution in [-0.4, -0.2) is 30.2 Å². The number of aromatic carboxylic acids is 1. The number of aromatic nitrogens is 1. The van der Waals surface area contributed by atoms with Crippen molar-refractivity contribution in [1.29, 1.82) is 5.26 Å². The van der Waals surface area contributed by atoms with Gasteiger partial charge in [0.15, 0.2) is 0 Å². The smallest absolute Gasteiger partial charge is 0.392 e. The zero-order valence-electron chi connectivity index (χ0n) is 7.11. The molecular formula is C7H7N3O3. The van der Waals surface area contributed by atoms with Crippen molar-refractivity contribution in [2.45, 2.75) is 0 Å². The van der Waals surface area contributed by atoms with E-state index in [1.807, 2.05) is 0 Å². The predicted molar refractivity (Wildman–Crippen MR) is 42.5 cm³/mol. The highest BCUT2D eigenvalue weighted by atomic mass is 16.4. The quantitative estimate of drug-likeness (QED) is 0.706. The number of rotatable bonds is 2. The van der Waals surface area contributed by atoms with E-state index in [4.69, 9.17) is 14.8 Å². The van der Waals surface area contributed by atoms with E-state index in [2.05, 4.69) is 4.98 Å². The number of carbonyl (C=O) groups is 1. The van der Waals surface area contributed by atoms with Gasteiger partial charge in [0.05, 0.1) is 0 Å². The Labute approximate surface area is 74.0 Å². The van der Waals surface area contributed by atoms with Crippen molar-refractivity contribution >= 4 is 11.9 Å². The van der Waals surface area contributed by atoms with E-state index in [0.717, 1.165) is 0 Å². The van der Waals surface area contributed by atoms with Crippen LogP contribution >= 0.6 is 0 Å². The van der Waals surface area contributed by atoms with Crippen molar-refractivity contribution in [2.24, 2.45) is 0 Å². The molecule has 0 fully saturated rings. The molecule has 1 aromatic heterocycles. The molecule has 0 amide bonds. The maximum Gasteiger partial charge on any atom is 0.392 e. The highest BCUT2D eigenvalue weighted by molar-refractivity contribution is 5.83. The van der Waals surface area contributed by atoms with Gasteiger partial charge in [-0.25, -0.2) is 4.79 Å². The van der Waals surface area contributed by atoms with Gasteiger partial charge in [0.25, 0.3) is 0 Å². The highest BCUT2D eigenvalue weighted by Gasteiger charge is 2.18. The van der Waals surface area contributed by atoms with Crippen molar-refractivity contribution < 1.29 is 14.3 Å². The number of nitriles is 1. The summed E-state index contributed by atoms with van der Waals surface area (Å²) in [5.74, 6) is -1.61. The number of hydrogen-bond acceptors (Lipinski definition) is 5. The minimum Gasteiger partial charge on any atom is -0.474 e. The van der Waals surface area contributed by atoms with E-state index < -0.39 is 11.9 Å². The first kappa shape index (κ1) is 9.06. The third-order valence-electron chi connectivity index (χ3n) is 1.30. The maximum atomic E-state index is 10.4. The van der Waals surface area contributed by atoms with Gasteiger partial charge in [-0.15, -0.1) is 0 Å². The first-order valence-corrected chi connectivity index (χ1v) is 3.37. The van der Waals surface area contributed by atoms with Gasteiger partial charge in [-0.2, -0.15) is 10.2 Å². The fraction of sp³-hybridized carbons (Fsp3) is 0.286. The molecule has 1 aromatic rings. The molecule has 68 valence electrons. The summed E-state index contributed by atoms with van der Waals surface area (Å²) in [6.07, 6.45) is 0. The van der Waals surface area contributed by atoms with E-state index in [1.165, 1.54) is 4.90 Å². The lowest BCUT2D eigenvalue weighted by Crippen LogP contribution is -2.08. The molecule has 0 aliphatic carbocycles. The molecule has 6 nitrogen and oxygen atoms in total. The molecule has 1 heterocycles. The monoisotopic (exact) mass is 181 g/mol. The molecule has 0 spiro atoms. The standard InChI is InChI=1S/C7H7N3O3/c1-10(2)6-4(3-8)9-5(13-6)7(11)12/h1-2H3,(H,11,12). The van der Waals surface area contributed by atoms with E-state index in [9.17, 15) is 4.79 Å². The van der Waals surface area contributed by atoms with E-state index in [1.54, 1.807) is 20.2 Å². The van der Waals surface area contributed by atoms with Crippen LogP contribution in [0.5, 0.6) is 0 Å². The Balaban J connectivity index is 3.21. The number of anilines is 1. The molecule has 0 saturated carbocycles. The second-order valence-corrected chi connectivity index (χ2v) is 2.48. The third kappa shape index (κ3) is 1.59. The molecule has 0 saturated heterocycles. The van der Waals surface area contributed by atoms with Gasteiger partial charge in [-0.3, -0.25) is 0 Å². The lowest BCUT2D eigenvalue weighted by atomic mass is 10.5. The van der Waals surface area contributed by atoms with Gasteiger partial charge < -0.3 is 14.4 Å². The summed E-state index contributed by atoms with van der Waals surface area (Å²) in [6.45, 7) is 0. The summed E-state index contributed by atoms with van der Waals surface area (Å²) in [5, 5.41) is 17.1. The normalized spacial score (nSPS) is 9.31. The van der Waals surface area contributed by atoms with Crippen LogP contribution < -0.4 is 4.90 Å². The second kappa shape index (κ2) is 3.15. The Hall–Kier alpha value is -2.03. The lowest BCUT2D eigenvalue weighted by Gasteiger charge is -2.05. The van der Waals surface area contributed by atoms with Crippen LogP contribution in [0.3, 0.4) is 0 Å². The number of oxazole rings is 1. The van der Waals surface area contributed by atoms with Gasteiger partial charge in [0, 0.05) is 14.1 Å². The highest BCUT2D eigenvalue weighted by Crippen LogP contribution is 2.18. The molecule has 0 atom stereocenters. The number of nitrogens with zero attached hydrogens (tertiary/aromatic N) is 3. The Morgan fingerprint density at radius 3 is 2.62 bits per heavy atom. The van der Waals surface area contributed by atoms with Gasteiger partial charge in [0.1, 0.15) is 6.07 Å². The summed E-state index contributed by atoms with van der Waals surface area (Å²) in [4.78, 5) is 15.4. The summed E-state index contributed by atoms with van der Waals surface area (Å²) < 4.78 is 4.82. The number of hydrogen-bond donors (Lipinski definition) is 1. The molecule has 0 unspecified atom stereocenters. The Morgan fingerprint density at radius 2 is 2.31 bits per heavy atom. The van der Waals surface area contributed by atoms with Gasteiger partial charge in [-0.1, -0.05) is 0 Å². The molecular weight excluding hydrogens is 174 g/mol. The second-order valence-electron chi connectivity index (χ2n) is 2.48. The fourth-order valence-corrected chi connectivity index (χ4v) is 0.779. The molecule has 1 N–H and O–H groups in total. The Bertz CT molecular complexity index is 375. The first-order chi connectivity index (χ1) is 6.06. The van der Waals surface area contributed by atoms with Gasteiger partial charge >= 0.3 is 11.9 Å². The molecule has 0 aliphatic rings. The largest absolute Gasteiger partial charge is 0.474 e. The molecule has 0 aliphatic heterocycles.